The van der Waals surface area contributed by atoms with Gasteiger partial charge in [0.1, 0.15) is 6.61 Å². The Hall–Kier alpha value is -3.39. The fourth-order valence-electron chi connectivity index (χ4n) is 5.66. The highest BCUT2D eigenvalue weighted by atomic mass is 16.5. The third-order valence-corrected chi connectivity index (χ3v) is 7.49. The van der Waals surface area contributed by atoms with Gasteiger partial charge in [0.15, 0.2) is 5.54 Å². The first kappa shape index (κ1) is 23.4. The molecule has 8 nitrogen and oxygen atoms in total. The molecule has 3 unspecified atom stereocenters. The van der Waals surface area contributed by atoms with Gasteiger partial charge in [-0.25, -0.2) is 9.59 Å². The van der Waals surface area contributed by atoms with E-state index >= 15 is 0 Å². The van der Waals surface area contributed by atoms with E-state index < -0.39 is 17.6 Å². The van der Waals surface area contributed by atoms with Crippen LogP contribution in [0.1, 0.15) is 49.1 Å². The normalized spacial score (nSPS) is 25.0. The highest BCUT2D eigenvalue weighted by Crippen LogP contribution is 2.44. The van der Waals surface area contributed by atoms with Crippen molar-refractivity contribution >= 4 is 18.0 Å². The van der Waals surface area contributed by atoms with Crippen LogP contribution in [0.4, 0.5) is 4.79 Å². The number of benzene rings is 2. The largest absolute Gasteiger partial charge is 0.479 e. The molecule has 2 amide bonds. The van der Waals surface area contributed by atoms with Crippen molar-refractivity contribution in [1.82, 2.24) is 10.6 Å². The van der Waals surface area contributed by atoms with Crippen LogP contribution in [-0.2, 0) is 19.1 Å². The molecule has 184 valence electrons. The molecule has 1 heterocycles. The molecule has 0 bridgehead atoms. The molecule has 3 atom stereocenters. The standard InChI is InChI=1S/C27H30N2O6/c30-24(29-27(25(31)32)11-12-34-16-27)14-17-9-10-18(13-17)28-26(33)35-15-23-21-7-3-1-5-19(21)20-6-2-4-8-22(20)23/h1-8,17-18,23H,9-16H2,(H,28,33)(H,29,30)(H,31,32). The lowest BCUT2D eigenvalue weighted by atomic mass is 9.97. The van der Waals surface area contributed by atoms with E-state index in [1.54, 1.807) is 0 Å². The Morgan fingerprint density at radius 3 is 2.34 bits per heavy atom. The van der Waals surface area contributed by atoms with Gasteiger partial charge in [-0.15, -0.1) is 0 Å². The molecule has 2 aliphatic carbocycles. The number of alkyl carbamates (subject to hydrolysis) is 1. The van der Waals surface area contributed by atoms with Crippen LogP contribution in [0.5, 0.6) is 0 Å². The van der Waals surface area contributed by atoms with Gasteiger partial charge >= 0.3 is 12.1 Å². The lowest BCUT2D eigenvalue weighted by molar-refractivity contribution is -0.147. The Balaban J connectivity index is 1.11. The molecule has 2 aromatic carbocycles. The van der Waals surface area contributed by atoms with Crippen LogP contribution >= 0.6 is 0 Å². The van der Waals surface area contributed by atoms with E-state index in [4.69, 9.17) is 9.47 Å². The summed E-state index contributed by atoms with van der Waals surface area (Å²) in [6, 6.07) is 16.3. The summed E-state index contributed by atoms with van der Waals surface area (Å²) in [5.74, 6) is -1.26. The molecule has 2 aromatic rings. The van der Waals surface area contributed by atoms with Crippen molar-refractivity contribution in [3.05, 3.63) is 59.7 Å². The van der Waals surface area contributed by atoms with Gasteiger partial charge in [-0.05, 0) is 47.4 Å². The Morgan fingerprint density at radius 1 is 1.03 bits per heavy atom. The fraction of sp³-hybridized carbons (Fsp3) is 0.444. The lowest BCUT2D eigenvalue weighted by Crippen LogP contribution is -2.55. The lowest BCUT2D eigenvalue weighted by Gasteiger charge is -2.24. The summed E-state index contributed by atoms with van der Waals surface area (Å²) in [5.41, 5.74) is 3.38. The van der Waals surface area contributed by atoms with Crippen molar-refractivity contribution in [1.29, 1.82) is 0 Å². The summed E-state index contributed by atoms with van der Waals surface area (Å²) in [6.45, 7) is 0.574. The number of nitrogens with one attached hydrogen (secondary N) is 2. The average molecular weight is 479 g/mol. The molecule has 3 aliphatic rings. The minimum Gasteiger partial charge on any atom is -0.479 e. The van der Waals surface area contributed by atoms with Gasteiger partial charge in [-0.3, -0.25) is 4.79 Å². The Bertz CT molecular complexity index is 1080. The zero-order valence-corrected chi connectivity index (χ0v) is 19.5. The zero-order valence-electron chi connectivity index (χ0n) is 19.5. The predicted octanol–water partition coefficient (Wildman–Crippen LogP) is 3.44. The second-order valence-electron chi connectivity index (χ2n) is 9.79. The van der Waals surface area contributed by atoms with E-state index in [1.807, 2.05) is 24.3 Å². The molecule has 1 saturated carbocycles. The van der Waals surface area contributed by atoms with Crippen LogP contribution in [0, 0.1) is 5.92 Å². The van der Waals surface area contributed by atoms with Crippen LogP contribution in [0.2, 0.25) is 0 Å². The molecule has 5 rings (SSSR count). The predicted molar refractivity (Wildman–Crippen MR) is 128 cm³/mol. The van der Waals surface area contributed by atoms with Gasteiger partial charge < -0.3 is 25.2 Å². The summed E-state index contributed by atoms with van der Waals surface area (Å²) in [4.78, 5) is 36.7. The van der Waals surface area contributed by atoms with Crippen molar-refractivity contribution in [2.75, 3.05) is 19.8 Å². The highest BCUT2D eigenvalue weighted by molar-refractivity contribution is 5.87. The van der Waals surface area contributed by atoms with Crippen LogP contribution in [-0.4, -0.2) is 54.5 Å². The molecular formula is C27H30N2O6. The van der Waals surface area contributed by atoms with Crippen LogP contribution in [0.3, 0.4) is 0 Å². The van der Waals surface area contributed by atoms with Crippen LogP contribution in [0.15, 0.2) is 48.5 Å². The monoisotopic (exact) mass is 478 g/mol. The second kappa shape index (κ2) is 9.70. The minimum absolute atomic E-state index is 0.00861. The summed E-state index contributed by atoms with van der Waals surface area (Å²) in [6.07, 6.45) is 2.26. The van der Waals surface area contributed by atoms with E-state index in [1.165, 1.54) is 22.3 Å². The fourth-order valence-corrected chi connectivity index (χ4v) is 5.66. The number of ether oxygens (including phenoxy) is 2. The molecule has 0 radical (unpaired) electrons. The average Bonchev–Trinajstić information content (AvgIpc) is 3.56. The van der Waals surface area contributed by atoms with Crippen molar-refractivity contribution in [2.45, 2.75) is 49.6 Å². The van der Waals surface area contributed by atoms with Crippen molar-refractivity contribution < 1.29 is 29.0 Å². The van der Waals surface area contributed by atoms with E-state index in [0.29, 0.717) is 13.0 Å². The second-order valence-corrected chi connectivity index (χ2v) is 9.79. The molecule has 3 N–H and O–H groups in total. The van der Waals surface area contributed by atoms with Crippen molar-refractivity contribution in [3.8, 4) is 11.1 Å². The maximum absolute atomic E-state index is 12.6. The van der Waals surface area contributed by atoms with Crippen LogP contribution < -0.4 is 10.6 Å². The summed E-state index contributed by atoms with van der Waals surface area (Å²) >= 11 is 0. The van der Waals surface area contributed by atoms with Gasteiger partial charge in [0.05, 0.1) is 6.61 Å². The molecule has 1 saturated heterocycles. The molecule has 35 heavy (non-hydrogen) atoms. The van der Waals surface area contributed by atoms with E-state index in [2.05, 4.69) is 34.9 Å². The highest BCUT2D eigenvalue weighted by Gasteiger charge is 2.44. The number of aliphatic carboxylic acids is 1. The molecule has 8 heteroatoms. The first-order valence-corrected chi connectivity index (χ1v) is 12.2. The Labute approximate surface area is 204 Å². The number of carboxylic acids is 1. The number of hydrogen-bond donors (Lipinski definition) is 3. The van der Waals surface area contributed by atoms with Gasteiger partial charge in [-0.2, -0.15) is 0 Å². The SMILES string of the molecule is O=C(CC1CCC(NC(=O)OCC2c3ccccc3-c3ccccc32)C1)NC1(C(=O)O)CCOC1. The minimum atomic E-state index is -1.32. The Kier molecular flexibility index (Phi) is 6.47. The molecular weight excluding hydrogens is 448 g/mol. The van der Waals surface area contributed by atoms with E-state index in [9.17, 15) is 19.5 Å². The quantitative estimate of drug-likeness (QED) is 0.562. The third-order valence-electron chi connectivity index (χ3n) is 7.49. The number of hydrogen-bond acceptors (Lipinski definition) is 5. The molecule has 1 aliphatic heterocycles. The first-order valence-electron chi connectivity index (χ1n) is 12.2. The van der Waals surface area contributed by atoms with E-state index in [0.717, 1.165) is 12.8 Å². The van der Waals surface area contributed by atoms with Gasteiger partial charge in [0, 0.05) is 31.4 Å². The number of fused-ring (bicyclic) bond motifs is 3. The van der Waals surface area contributed by atoms with Gasteiger partial charge in [-0.1, -0.05) is 48.5 Å². The van der Waals surface area contributed by atoms with Crippen molar-refractivity contribution in [2.24, 2.45) is 5.92 Å². The Morgan fingerprint density at radius 2 is 1.71 bits per heavy atom. The maximum atomic E-state index is 12.6. The third kappa shape index (κ3) is 4.75. The van der Waals surface area contributed by atoms with Gasteiger partial charge in [0.25, 0.3) is 0 Å². The zero-order chi connectivity index (χ0) is 24.4. The smallest absolute Gasteiger partial charge is 0.407 e. The summed E-state index contributed by atoms with van der Waals surface area (Å²) < 4.78 is 10.8. The van der Waals surface area contributed by atoms with Crippen molar-refractivity contribution in [3.63, 3.8) is 0 Å². The molecule has 0 spiro atoms. The molecule has 2 fully saturated rings. The number of carbonyl (C=O) groups excluding carboxylic acids is 2. The number of rotatable bonds is 7. The number of carboxylic acid groups (broad SMARTS) is 1. The number of amides is 2. The summed E-state index contributed by atoms with van der Waals surface area (Å²) in [5, 5.41) is 15.1. The first-order chi connectivity index (χ1) is 16.9. The maximum Gasteiger partial charge on any atom is 0.407 e. The van der Waals surface area contributed by atoms with E-state index in [-0.39, 0.29) is 49.8 Å². The molecule has 0 aromatic heterocycles. The number of carbonyl (C=O) groups is 3. The van der Waals surface area contributed by atoms with Crippen LogP contribution in [0.25, 0.3) is 11.1 Å². The summed E-state index contributed by atoms with van der Waals surface area (Å²) in [7, 11) is 0. The topological polar surface area (TPSA) is 114 Å². The van der Waals surface area contributed by atoms with Gasteiger partial charge in [0.2, 0.25) is 5.91 Å².